The van der Waals surface area contributed by atoms with Gasteiger partial charge in [-0.2, -0.15) is 17.8 Å². The topological polar surface area (TPSA) is 75.5 Å². The molecule has 1 amide bonds. The highest BCUT2D eigenvalue weighted by Crippen LogP contribution is 2.28. The van der Waals surface area contributed by atoms with Crippen LogP contribution < -0.4 is 0 Å². The normalized spacial score (nSPS) is 23.0. The summed E-state index contributed by atoms with van der Waals surface area (Å²) in [5.74, 6) is 0.0791. The number of hydrogen-bond donors (Lipinski definition) is 0. The molecule has 2 aliphatic rings. The van der Waals surface area contributed by atoms with Crippen molar-refractivity contribution < 1.29 is 13.2 Å². The third-order valence-electron chi connectivity index (χ3n) is 4.32. The van der Waals surface area contributed by atoms with Gasteiger partial charge in [-0.25, -0.2) is 4.31 Å². The smallest absolute Gasteiger partial charge is 0.266 e. The molecule has 7 nitrogen and oxygen atoms in total. The zero-order chi connectivity index (χ0) is 15.0. The standard InChI is InChI=1S/C13H20N4O3S/c1-15-8-3-9-17(21(15,19)20)13(18)12-6-7-14-16(12)10-11-4-2-5-11/h6-7,11H,2-5,8-10H2,1H3. The molecule has 0 bridgehead atoms. The van der Waals surface area contributed by atoms with Crippen LogP contribution in [0.25, 0.3) is 0 Å². The molecule has 1 aliphatic heterocycles. The van der Waals surface area contributed by atoms with Crippen LogP contribution >= 0.6 is 0 Å². The van der Waals surface area contributed by atoms with Gasteiger partial charge in [-0.05, 0) is 31.2 Å². The van der Waals surface area contributed by atoms with Crippen molar-refractivity contribution in [3.8, 4) is 0 Å². The second kappa shape index (κ2) is 5.42. The second-order valence-electron chi connectivity index (χ2n) is 5.76. The molecule has 116 valence electrons. The lowest BCUT2D eigenvalue weighted by atomic mass is 9.85. The lowest BCUT2D eigenvalue weighted by Crippen LogP contribution is -2.50. The highest BCUT2D eigenvalue weighted by atomic mass is 32.2. The molecule has 1 aliphatic carbocycles. The summed E-state index contributed by atoms with van der Waals surface area (Å²) in [6, 6.07) is 1.60. The van der Waals surface area contributed by atoms with Gasteiger partial charge in [0.05, 0.1) is 0 Å². The summed E-state index contributed by atoms with van der Waals surface area (Å²) in [6.07, 6.45) is 5.74. The average Bonchev–Trinajstić information content (AvgIpc) is 2.84. The van der Waals surface area contributed by atoms with Crippen LogP contribution in [0.1, 0.15) is 36.2 Å². The number of aromatic nitrogens is 2. The lowest BCUT2D eigenvalue weighted by Gasteiger charge is -2.32. The van der Waals surface area contributed by atoms with Crippen molar-refractivity contribution in [1.82, 2.24) is 18.4 Å². The minimum atomic E-state index is -3.69. The van der Waals surface area contributed by atoms with E-state index in [0.29, 0.717) is 31.1 Å². The summed E-state index contributed by atoms with van der Waals surface area (Å²) in [7, 11) is -2.19. The number of carbonyl (C=O) groups excluding carboxylic acids is 1. The Bertz CT molecular complexity index is 636. The predicted molar refractivity (Wildman–Crippen MR) is 76.8 cm³/mol. The van der Waals surface area contributed by atoms with E-state index in [4.69, 9.17) is 0 Å². The van der Waals surface area contributed by atoms with Gasteiger partial charge >= 0.3 is 10.2 Å². The molecular weight excluding hydrogens is 292 g/mol. The molecule has 3 rings (SSSR count). The van der Waals surface area contributed by atoms with Crippen LogP contribution in [-0.2, 0) is 16.8 Å². The Kier molecular flexibility index (Phi) is 3.75. The lowest BCUT2D eigenvalue weighted by molar-refractivity contribution is 0.0826. The summed E-state index contributed by atoms with van der Waals surface area (Å²) in [5, 5.41) is 4.18. The van der Waals surface area contributed by atoms with Gasteiger partial charge in [-0.1, -0.05) is 6.42 Å². The van der Waals surface area contributed by atoms with E-state index in [-0.39, 0.29) is 6.54 Å². The number of amides is 1. The maximum absolute atomic E-state index is 12.6. The first kappa shape index (κ1) is 14.5. The summed E-state index contributed by atoms with van der Waals surface area (Å²) in [6.45, 7) is 1.38. The molecule has 0 unspecified atom stereocenters. The molecular formula is C13H20N4O3S. The molecule has 21 heavy (non-hydrogen) atoms. The van der Waals surface area contributed by atoms with Crippen molar-refractivity contribution in [1.29, 1.82) is 0 Å². The highest BCUT2D eigenvalue weighted by molar-refractivity contribution is 7.87. The minimum absolute atomic E-state index is 0.236. The molecule has 1 aromatic rings. The molecule has 0 aromatic carbocycles. The first-order valence-electron chi connectivity index (χ1n) is 7.30. The minimum Gasteiger partial charge on any atom is -0.266 e. The van der Waals surface area contributed by atoms with Crippen LogP contribution in [0, 0.1) is 5.92 Å². The Morgan fingerprint density at radius 1 is 1.33 bits per heavy atom. The van der Waals surface area contributed by atoms with Gasteiger partial charge in [-0.15, -0.1) is 0 Å². The van der Waals surface area contributed by atoms with Gasteiger partial charge in [0.25, 0.3) is 5.91 Å². The molecule has 0 spiro atoms. The maximum Gasteiger partial charge on any atom is 0.306 e. The van der Waals surface area contributed by atoms with Gasteiger partial charge < -0.3 is 0 Å². The van der Waals surface area contributed by atoms with Crippen LogP contribution in [0.2, 0.25) is 0 Å². The fraction of sp³-hybridized carbons (Fsp3) is 0.692. The van der Waals surface area contributed by atoms with E-state index in [2.05, 4.69) is 5.10 Å². The average molecular weight is 312 g/mol. The van der Waals surface area contributed by atoms with Gasteiger partial charge in [-0.3, -0.25) is 9.48 Å². The van der Waals surface area contributed by atoms with E-state index in [0.717, 1.165) is 17.1 Å². The Hall–Kier alpha value is -1.41. The van der Waals surface area contributed by atoms with Crippen molar-refractivity contribution in [3.05, 3.63) is 18.0 Å². The van der Waals surface area contributed by atoms with E-state index < -0.39 is 16.1 Å². The SMILES string of the molecule is CN1CCCN(C(=O)c2ccnn2CC2CCC2)S1(=O)=O. The van der Waals surface area contributed by atoms with Crippen molar-refractivity contribution in [2.45, 2.75) is 32.2 Å². The van der Waals surface area contributed by atoms with Crippen LogP contribution in [0.15, 0.2) is 12.3 Å². The molecule has 0 N–H and O–H groups in total. The molecule has 0 radical (unpaired) electrons. The highest BCUT2D eigenvalue weighted by Gasteiger charge is 2.36. The predicted octanol–water partition coefficient (Wildman–Crippen LogP) is 0.706. The molecule has 0 atom stereocenters. The van der Waals surface area contributed by atoms with Gasteiger partial charge in [0.15, 0.2) is 0 Å². The molecule has 2 fully saturated rings. The zero-order valence-electron chi connectivity index (χ0n) is 12.1. The quantitative estimate of drug-likeness (QED) is 0.823. The van der Waals surface area contributed by atoms with Crippen molar-refractivity contribution in [3.63, 3.8) is 0 Å². The van der Waals surface area contributed by atoms with E-state index in [1.165, 1.54) is 17.8 Å². The molecule has 1 saturated heterocycles. The van der Waals surface area contributed by atoms with Crippen LogP contribution in [0.3, 0.4) is 0 Å². The number of carbonyl (C=O) groups is 1. The van der Waals surface area contributed by atoms with Gasteiger partial charge in [0.2, 0.25) is 0 Å². The first-order chi connectivity index (χ1) is 10.00. The Labute approximate surface area is 124 Å². The Morgan fingerprint density at radius 2 is 2.10 bits per heavy atom. The molecule has 8 heteroatoms. The third kappa shape index (κ3) is 2.57. The summed E-state index contributed by atoms with van der Waals surface area (Å²) < 4.78 is 28.3. The number of rotatable bonds is 3. The summed E-state index contributed by atoms with van der Waals surface area (Å²) in [4.78, 5) is 12.6. The fourth-order valence-electron chi connectivity index (χ4n) is 2.75. The van der Waals surface area contributed by atoms with Gasteiger partial charge in [0.1, 0.15) is 5.69 Å². The monoisotopic (exact) mass is 312 g/mol. The van der Waals surface area contributed by atoms with E-state index in [9.17, 15) is 13.2 Å². The Balaban J connectivity index is 1.83. The number of nitrogens with zero attached hydrogens (tertiary/aromatic N) is 4. The van der Waals surface area contributed by atoms with Crippen LogP contribution in [-0.4, -0.2) is 52.9 Å². The van der Waals surface area contributed by atoms with Crippen LogP contribution in [0.4, 0.5) is 0 Å². The zero-order valence-corrected chi connectivity index (χ0v) is 12.9. The molecule has 2 heterocycles. The molecule has 1 saturated carbocycles. The van der Waals surface area contributed by atoms with E-state index in [1.54, 1.807) is 16.9 Å². The maximum atomic E-state index is 12.6. The Morgan fingerprint density at radius 3 is 2.76 bits per heavy atom. The number of hydrogen-bond acceptors (Lipinski definition) is 4. The summed E-state index contributed by atoms with van der Waals surface area (Å²) >= 11 is 0. The second-order valence-corrected chi connectivity index (χ2v) is 7.72. The van der Waals surface area contributed by atoms with Gasteiger partial charge in [0, 0.05) is 32.9 Å². The van der Waals surface area contributed by atoms with Crippen molar-refractivity contribution in [2.75, 3.05) is 20.1 Å². The largest absolute Gasteiger partial charge is 0.306 e. The van der Waals surface area contributed by atoms with E-state index in [1.807, 2.05) is 0 Å². The van der Waals surface area contributed by atoms with Crippen LogP contribution in [0.5, 0.6) is 0 Å². The fourth-order valence-corrected chi connectivity index (χ4v) is 4.11. The van der Waals surface area contributed by atoms with Crippen molar-refractivity contribution >= 4 is 16.1 Å². The van der Waals surface area contributed by atoms with Crippen molar-refractivity contribution in [2.24, 2.45) is 5.92 Å². The van der Waals surface area contributed by atoms with E-state index >= 15 is 0 Å². The third-order valence-corrected chi connectivity index (χ3v) is 6.20. The first-order valence-corrected chi connectivity index (χ1v) is 8.70. The molecule has 1 aromatic heterocycles. The summed E-state index contributed by atoms with van der Waals surface area (Å²) in [5.41, 5.74) is 0.362.